The number of rotatable bonds is 5. The number of carbonyl (C=O) groups excluding carboxylic acids is 1. The van der Waals surface area contributed by atoms with E-state index in [1.807, 2.05) is 32.0 Å². The van der Waals surface area contributed by atoms with E-state index in [0.29, 0.717) is 13.2 Å². The van der Waals surface area contributed by atoms with Gasteiger partial charge in [0.2, 0.25) is 0 Å². The summed E-state index contributed by atoms with van der Waals surface area (Å²) in [6.07, 6.45) is 0. The minimum atomic E-state index is -0.326. The van der Waals surface area contributed by atoms with Gasteiger partial charge < -0.3 is 9.47 Å². The first kappa shape index (κ1) is 13.8. The van der Waals surface area contributed by atoms with Gasteiger partial charge in [-0.25, -0.2) is 4.98 Å². The fourth-order valence-corrected chi connectivity index (χ4v) is 2.77. The zero-order valence-corrected chi connectivity index (χ0v) is 12.1. The maximum Gasteiger partial charge on any atom is 0.315 e. The summed E-state index contributed by atoms with van der Waals surface area (Å²) >= 11 is 1.51. The van der Waals surface area contributed by atoms with Crippen LogP contribution in [0.25, 0.3) is 10.2 Å². The molecule has 4 nitrogen and oxygen atoms in total. The topological polar surface area (TPSA) is 48.4 Å². The van der Waals surface area contributed by atoms with Crippen LogP contribution in [0.5, 0.6) is 5.75 Å². The van der Waals surface area contributed by atoms with Gasteiger partial charge in [-0.3, -0.25) is 4.79 Å². The molecule has 0 N–H and O–H groups in total. The predicted octanol–water partition coefficient (Wildman–Crippen LogP) is 3.36. The lowest BCUT2D eigenvalue weighted by molar-refractivity contribution is -0.144. The monoisotopic (exact) mass is 279 g/mol. The zero-order chi connectivity index (χ0) is 13.8. The van der Waals surface area contributed by atoms with E-state index < -0.39 is 0 Å². The van der Waals surface area contributed by atoms with Crippen LogP contribution in [0.1, 0.15) is 31.7 Å². The lowest BCUT2D eigenvalue weighted by Crippen LogP contribution is -2.12. The van der Waals surface area contributed by atoms with Crippen molar-refractivity contribution >= 4 is 27.5 Å². The van der Waals surface area contributed by atoms with Gasteiger partial charge in [-0.05, 0) is 39.0 Å². The van der Waals surface area contributed by atoms with E-state index in [0.717, 1.165) is 21.0 Å². The van der Waals surface area contributed by atoms with Crippen LogP contribution in [0.4, 0.5) is 0 Å². The Morgan fingerprint density at radius 3 is 2.84 bits per heavy atom. The van der Waals surface area contributed by atoms with Crippen LogP contribution in [0, 0.1) is 0 Å². The third kappa shape index (κ3) is 3.04. The van der Waals surface area contributed by atoms with Gasteiger partial charge in [0.05, 0.1) is 23.4 Å². The minimum Gasteiger partial charge on any atom is -0.494 e. The smallest absolute Gasteiger partial charge is 0.315 e. The van der Waals surface area contributed by atoms with Gasteiger partial charge in [-0.2, -0.15) is 0 Å². The van der Waals surface area contributed by atoms with E-state index in [2.05, 4.69) is 4.98 Å². The Hall–Kier alpha value is -1.62. The molecule has 0 amide bonds. The van der Waals surface area contributed by atoms with Crippen molar-refractivity contribution in [1.82, 2.24) is 4.98 Å². The Bertz CT molecular complexity index is 579. The van der Waals surface area contributed by atoms with E-state index in [9.17, 15) is 4.79 Å². The molecule has 0 fully saturated rings. The van der Waals surface area contributed by atoms with Crippen molar-refractivity contribution in [3.63, 3.8) is 0 Å². The molecule has 0 saturated heterocycles. The lowest BCUT2D eigenvalue weighted by atomic mass is 10.2. The third-order valence-electron chi connectivity index (χ3n) is 2.70. The van der Waals surface area contributed by atoms with Crippen molar-refractivity contribution in [1.29, 1.82) is 0 Å². The molecule has 1 heterocycles. The lowest BCUT2D eigenvalue weighted by Gasteiger charge is -2.06. The summed E-state index contributed by atoms with van der Waals surface area (Å²) in [7, 11) is 0. The number of ether oxygens (including phenoxy) is 2. The molecule has 1 atom stereocenters. The molecule has 2 rings (SSSR count). The number of esters is 1. The summed E-state index contributed by atoms with van der Waals surface area (Å²) in [6, 6.07) is 5.76. The van der Waals surface area contributed by atoms with Gasteiger partial charge in [0.1, 0.15) is 16.7 Å². The number of nitrogens with zero attached hydrogens (tertiary/aromatic N) is 1. The summed E-state index contributed by atoms with van der Waals surface area (Å²) in [4.78, 5) is 16.2. The molecular weight excluding hydrogens is 262 g/mol. The van der Waals surface area contributed by atoms with E-state index in [1.165, 1.54) is 11.3 Å². The van der Waals surface area contributed by atoms with Gasteiger partial charge in [0.25, 0.3) is 0 Å². The van der Waals surface area contributed by atoms with Crippen LogP contribution in [-0.4, -0.2) is 24.2 Å². The molecule has 102 valence electrons. The highest BCUT2D eigenvalue weighted by molar-refractivity contribution is 7.18. The molecule has 1 unspecified atom stereocenters. The summed E-state index contributed by atoms with van der Waals surface area (Å²) in [5.41, 5.74) is 0.889. The maximum atomic E-state index is 11.7. The summed E-state index contributed by atoms with van der Waals surface area (Å²) in [6.45, 7) is 6.60. The number of carbonyl (C=O) groups is 1. The highest BCUT2D eigenvalue weighted by Gasteiger charge is 2.20. The molecule has 0 aliphatic rings. The average molecular weight is 279 g/mol. The van der Waals surface area contributed by atoms with Gasteiger partial charge in [-0.1, -0.05) is 0 Å². The predicted molar refractivity (Wildman–Crippen MR) is 75.8 cm³/mol. The van der Waals surface area contributed by atoms with Crippen molar-refractivity contribution in [2.45, 2.75) is 26.7 Å². The fraction of sp³-hybridized carbons (Fsp3) is 0.429. The molecular formula is C14H17NO3S. The number of hydrogen-bond acceptors (Lipinski definition) is 5. The molecule has 2 aromatic rings. The van der Waals surface area contributed by atoms with Crippen molar-refractivity contribution in [3.8, 4) is 5.75 Å². The first-order chi connectivity index (χ1) is 9.15. The van der Waals surface area contributed by atoms with Gasteiger partial charge in [0.15, 0.2) is 0 Å². The highest BCUT2D eigenvalue weighted by Crippen LogP contribution is 2.30. The van der Waals surface area contributed by atoms with E-state index in [-0.39, 0.29) is 11.9 Å². The Labute approximate surface area is 116 Å². The Balaban J connectivity index is 2.28. The Kier molecular flexibility index (Phi) is 4.37. The van der Waals surface area contributed by atoms with Crippen LogP contribution in [0.2, 0.25) is 0 Å². The molecule has 0 bridgehead atoms. The molecule has 0 aliphatic carbocycles. The van der Waals surface area contributed by atoms with Gasteiger partial charge >= 0.3 is 5.97 Å². The maximum absolute atomic E-state index is 11.7. The van der Waals surface area contributed by atoms with E-state index in [1.54, 1.807) is 6.92 Å². The van der Waals surface area contributed by atoms with Crippen molar-refractivity contribution in [3.05, 3.63) is 23.2 Å². The normalized spacial score (nSPS) is 12.4. The first-order valence-corrected chi connectivity index (χ1v) is 7.17. The summed E-state index contributed by atoms with van der Waals surface area (Å²) < 4.78 is 11.5. The number of benzene rings is 1. The van der Waals surface area contributed by atoms with Crippen molar-refractivity contribution in [2.75, 3.05) is 13.2 Å². The number of thiazole rings is 1. The molecule has 0 spiro atoms. The number of fused-ring (bicyclic) bond motifs is 1. The zero-order valence-electron chi connectivity index (χ0n) is 11.3. The van der Waals surface area contributed by atoms with E-state index >= 15 is 0 Å². The standard InChI is InChI=1S/C14H17NO3S/c1-4-17-10-6-7-11-12(8-10)19-13(15-11)9(3)14(16)18-5-2/h6-9H,4-5H2,1-3H3. The fourth-order valence-electron chi connectivity index (χ4n) is 1.73. The molecule has 0 radical (unpaired) electrons. The summed E-state index contributed by atoms with van der Waals surface area (Å²) in [5.74, 6) is 0.272. The average Bonchev–Trinajstić information content (AvgIpc) is 2.81. The third-order valence-corrected chi connectivity index (χ3v) is 3.90. The Morgan fingerprint density at radius 1 is 1.37 bits per heavy atom. The number of hydrogen-bond donors (Lipinski definition) is 0. The molecule has 5 heteroatoms. The minimum absolute atomic E-state index is 0.230. The number of aromatic nitrogens is 1. The summed E-state index contributed by atoms with van der Waals surface area (Å²) in [5, 5.41) is 0.780. The molecule has 19 heavy (non-hydrogen) atoms. The second-order valence-corrected chi connectivity index (χ2v) is 5.15. The van der Waals surface area contributed by atoms with Gasteiger partial charge in [-0.15, -0.1) is 11.3 Å². The largest absolute Gasteiger partial charge is 0.494 e. The molecule has 0 aliphatic heterocycles. The highest BCUT2D eigenvalue weighted by atomic mass is 32.1. The van der Waals surface area contributed by atoms with Crippen LogP contribution < -0.4 is 4.74 Å². The molecule has 0 saturated carbocycles. The second kappa shape index (κ2) is 6.02. The molecule has 1 aromatic heterocycles. The van der Waals surface area contributed by atoms with Crippen molar-refractivity contribution in [2.24, 2.45) is 0 Å². The van der Waals surface area contributed by atoms with Crippen LogP contribution in [-0.2, 0) is 9.53 Å². The quantitative estimate of drug-likeness (QED) is 0.787. The van der Waals surface area contributed by atoms with Crippen LogP contribution >= 0.6 is 11.3 Å². The van der Waals surface area contributed by atoms with Crippen molar-refractivity contribution < 1.29 is 14.3 Å². The first-order valence-electron chi connectivity index (χ1n) is 6.35. The van der Waals surface area contributed by atoms with Gasteiger partial charge in [0, 0.05) is 0 Å². The molecule has 1 aromatic carbocycles. The SMILES string of the molecule is CCOC(=O)C(C)c1nc2ccc(OCC)cc2s1. The second-order valence-electron chi connectivity index (χ2n) is 4.09. The van der Waals surface area contributed by atoms with E-state index in [4.69, 9.17) is 9.47 Å². The van der Waals surface area contributed by atoms with Crippen LogP contribution in [0.15, 0.2) is 18.2 Å². The Morgan fingerprint density at radius 2 is 2.16 bits per heavy atom. The van der Waals surface area contributed by atoms with Crippen LogP contribution in [0.3, 0.4) is 0 Å².